The third-order valence-electron chi connectivity index (χ3n) is 1.95. The molecular weight excluding hydrogens is 205 g/mol. The molecule has 0 atom stereocenters. The number of hydrogen-bond acceptors (Lipinski definition) is 3. The van der Waals surface area contributed by atoms with Crippen molar-refractivity contribution in [1.82, 2.24) is 0 Å². The molecule has 14 heavy (non-hydrogen) atoms. The second-order valence-corrected chi connectivity index (χ2v) is 3.88. The summed E-state index contributed by atoms with van der Waals surface area (Å²) in [5, 5.41) is 12.3. The molecule has 0 radical (unpaired) electrons. The van der Waals surface area contributed by atoms with Gasteiger partial charge in [-0.25, -0.2) is 4.39 Å². The van der Waals surface area contributed by atoms with Crippen LogP contribution in [0.1, 0.15) is 5.56 Å². The van der Waals surface area contributed by atoms with E-state index in [1.54, 1.807) is 13.0 Å². The summed E-state index contributed by atoms with van der Waals surface area (Å²) < 4.78 is 13.7. The lowest BCUT2D eigenvalue weighted by atomic mass is 10.1. The molecule has 0 fully saturated rings. The number of halogens is 1. The van der Waals surface area contributed by atoms with Crippen molar-refractivity contribution in [2.24, 2.45) is 0 Å². The second-order valence-electron chi connectivity index (χ2n) is 3.00. The van der Waals surface area contributed by atoms with Crippen molar-refractivity contribution < 1.29 is 9.31 Å². The lowest BCUT2D eigenvalue weighted by Crippen LogP contribution is -1.86. The van der Waals surface area contributed by atoms with Gasteiger partial charge in [-0.05, 0) is 24.6 Å². The van der Waals surface area contributed by atoms with E-state index in [-0.39, 0.29) is 5.69 Å². The van der Waals surface area contributed by atoms with Gasteiger partial charge in [-0.1, -0.05) is 0 Å². The van der Waals surface area contributed by atoms with E-state index in [9.17, 15) is 14.5 Å². The Morgan fingerprint density at radius 1 is 1.50 bits per heavy atom. The van der Waals surface area contributed by atoms with E-state index >= 15 is 0 Å². The molecule has 2 rings (SSSR count). The minimum absolute atomic E-state index is 0.0207. The SMILES string of the molecule is Cc1cc(F)c2scc([N+](=O)[O-])c2c1. The highest BCUT2D eigenvalue weighted by Gasteiger charge is 2.16. The summed E-state index contributed by atoms with van der Waals surface area (Å²) in [6, 6.07) is 3.01. The maximum absolute atomic E-state index is 13.3. The van der Waals surface area contributed by atoms with Crippen LogP contribution in [-0.2, 0) is 0 Å². The molecule has 0 aliphatic rings. The van der Waals surface area contributed by atoms with Crippen LogP contribution in [0.3, 0.4) is 0 Å². The lowest BCUT2D eigenvalue weighted by Gasteiger charge is -1.95. The molecule has 1 heterocycles. The summed E-state index contributed by atoms with van der Waals surface area (Å²) in [7, 11) is 0. The van der Waals surface area contributed by atoms with Gasteiger partial charge < -0.3 is 0 Å². The van der Waals surface area contributed by atoms with E-state index in [1.807, 2.05) is 0 Å². The first kappa shape index (κ1) is 9.08. The number of nitro groups is 1. The standard InChI is InChI=1S/C9H6FNO2S/c1-5-2-6-8(11(12)13)4-14-9(6)7(10)3-5/h2-4H,1H3. The smallest absolute Gasteiger partial charge is 0.258 e. The Labute approximate surface area is 82.9 Å². The number of hydrogen-bond donors (Lipinski definition) is 0. The fourth-order valence-electron chi connectivity index (χ4n) is 1.36. The largest absolute Gasteiger partial charge is 0.287 e. The van der Waals surface area contributed by atoms with Gasteiger partial charge in [-0.15, -0.1) is 11.3 Å². The minimum Gasteiger partial charge on any atom is -0.258 e. The molecule has 0 N–H and O–H groups in total. The van der Waals surface area contributed by atoms with Crippen molar-refractivity contribution in [2.75, 3.05) is 0 Å². The van der Waals surface area contributed by atoms with E-state index in [4.69, 9.17) is 0 Å². The van der Waals surface area contributed by atoms with Crippen molar-refractivity contribution in [3.05, 3.63) is 39.0 Å². The maximum atomic E-state index is 13.3. The predicted octanol–water partition coefficient (Wildman–Crippen LogP) is 3.26. The van der Waals surface area contributed by atoms with Crippen molar-refractivity contribution >= 4 is 27.1 Å². The number of benzene rings is 1. The Bertz CT molecular complexity index is 521. The van der Waals surface area contributed by atoms with E-state index in [2.05, 4.69) is 0 Å². The molecule has 0 spiro atoms. The van der Waals surface area contributed by atoms with E-state index in [0.717, 1.165) is 11.3 Å². The van der Waals surface area contributed by atoms with Crippen molar-refractivity contribution in [1.29, 1.82) is 0 Å². The fourth-order valence-corrected chi connectivity index (χ4v) is 2.26. The van der Waals surface area contributed by atoms with Gasteiger partial charge in [-0.2, -0.15) is 0 Å². The molecule has 5 heteroatoms. The zero-order valence-corrected chi connectivity index (χ0v) is 8.10. The average Bonchev–Trinajstić information content (AvgIpc) is 2.47. The molecule has 72 valence electrons. The van der Waals surface area contributed by atoms with Crippen LogP contribution in [0, 0.1) is 22.9 Å². The van der Waals surface area contributed by atoms with Gasteiger partial charge >= 0.3 is 0 Å². The third-order valence-corrected chi connectivity index (χ3v) is 2.94. The number of rotatable bonds is 1. The van der Waals surface area contributed by atoms with Crippen LogP contribution in [0.2, 0.25) is 0 Å². The Balaban J connectivity index is 2.85. The number of nitrogens with zero attached hydrogens (tertiary/aromatic N) is 1. The van der Waals surface area contributed by atoms with Crippen LogP contribution >= 0.6 is 11.3 Å². The zero-order chi connectivity index (χ0) is 10.3. The quantitative estimate of drug-likeness (QED) is 0.536. The highest BCUT2D eigenvalue weighted by atomic mass is 32.1. The molecule has 2 aromatic rings. The Hall–Kier alpha value is -1.49. The van der Waals surface area contributed by atoms with Crippen LogP contribution in [-0.4, -0.2) is 4.92 Å². The normalized spacial score (nSPS) is 10.7. The van der Waals surface area contributed by atoms with Gasteiger partial charge in [0.25, 0.3) is 5.69 Å². The lowest BCUT2D eigenvalue weighted by molar-refractivity contribution is -0.382. The summed E-state index contributed by atoms with van der Waals surface area (Å²) in [5.41, 5.74) is 0.670. The molecule has 0 saturated heterocycles. The summed E-state index contributed by atoms with van der Waals surface area (Å²) in [5.74, 6) is -0.391. The molecule has 1 aromatic heterocycles. The molecule has 0 aliphatic carbocycles. The minimum atomic E-state index is -0.488. The topological polar surface area (TPSA) is 43.1 Å². The van der Waals surface area contributed by atoms with Crippen LogP contribution in [0.25, 0.3) is 10.1 Å². The third kappa shape index (κ3) is 1.26. The zero-order valence-electron chi connectivity index (χ0n) is 7.28. The Kier molecular flexibility index (Phi) is 1.96. The highest BCUT2D eigenvalue weighted by Crippen LogP contribution is 2.34. The van der Waals surface area contributed by atoms with Gasteiger partial charge in [0.2, 0.25) is 0 Å². The predicted molar refractivity (Wildman–Crippen MR) is 53.2 cm³/mol. The molecule has 0 unspecified atom stereocenters. The Morgan fingerprint density at radius 3 is 2.86 bits per heavy atom. The van der Waals surface area contributed by atoms with E-state index in [1.165, 1.54) is 11.4 Å². The summed E-state index contributed by atoms with van der Waals surface area (Å²) >= 11 is 1.06. The van der Waals surface area contributed by atoms with Crippen molar-refractivity contribution in [3.63, 3.8) is 0 Å². The molecule has 1 aromatic carbocycles. The summed E-state index contributed by atoms with van der Waals surface area (Å²) in [6.45, 7) is 1.71. The first-order valence-electron chi connectivity index (χ1n) is 3.91. The number of thiophene rings is 1. The molecular formula is C9H6FNO2S. The van der Waals surface area contributed by atoms with E-state index < -0.39 is 10.7 Å². The van der Waals surface area contributed by atoms with Crippen molar-refractivity contribution in [2.45, 2.75) is 6.92 Å². The van der Waals surface area contributed by atoms with Gasteiger partial charge in [-0.3, -0.25) is 10.1 Å². The summed E-state index contributed by atoms with van der Waals surface area (Å²) in [4.78, 5) is 10.1. The molecule has 0 amide bonds. The van der Waals surface area contributed by atoms with Crippen LogP contribution in [0.4, 0.5) is 10.1 Å². The summed E-state index contributed by atoms with van der Waals surface area (Å²) in [6.07, 6.45) is 0. The van der Waals surface area contributed by atoms with Crippen LogP contribution in [0.15, 0.2) is 17.5 Å². The van der Waals surface area contributed by atoms with Crippen LogP contribution in [0.5, 0.6) is 0 Å². The molecule has 0 aliphatic heterocycles. The fraction of sp³-hybridized carbons (Fsp3) is 0.111. The highest BCUT2D eigenvalue weighted by molar-refractivity contribution is 7.17. The maximum Gasteiger partial charge on any atom is 0.287 e. The first-order chi connectivity index (χ1) is 6.59. The monoisotopic (exact) mass is 211 g/mol. The number of aryl methyl sites for hydroxylation is 1. The second kappa shape index (κ2) is 3.02. The molecule has 0 saturated carbocycles. The molecule has 3 nitrogen and oxygen atoms in total. The average molecular weight is 211 g/mol. The van der Waals surface area contributed by atoms with Gasteiger partial charge in [0, 0.05) is 0 Å². The van der Waals surface area contributed by atoms with Gasteiger partial charge in [0.1, 0.15) is 5.82 Å². The number of fused-ring (bicyclic) bond motifs is 1. The Morgan fingerprint density at radius 2 is 2.21 bits per heavy atom. The first-order valence-corrected chi connectivity index (χ1v) is 4.79. The van der Waals surface area contributed by atoms with Crippen molar-refractivity contribution in [3.8, 4) is 0 Å². The van der Waals surface area contributed by atoms with Gasteiger partial charge in [0.05, 0.1) is 20.4 Å². The van der Waals surface area contributed by atoms with Crippen LogP contribution < -0.4 is 0 Å². The van der Waals surface area contributed by atoms with E-state index in [0.29, 0.717) is 15.6 Å². The van der Waals surface area contributed by atoms with Gasteiger partial charge in [0.15, 0.2) is 0 Å². The molecule has 0 bridgehead atoms.